The van der Waals surface area contributed by atoms with Crippen LogP contribution in [0.4, 0.5) is 0 Å². The van der Waals surface area contributed by atoms with Crippen LogP contribution < -0.4 is 5.32 Å². The van der Waals surface area contributed by atoms with Crippen molar-refractivity contribution in [2.75, 3.05) is 6.61 Å². The molecule has 8 atom stereocenters. The van der Waals surface area contributed by atoms with Gasteiger partial charge >= 0.3 is 7.82 Å². The molecule has 306 valence electrons. The molecule has 1 aliphatic carbocycles. The van der Waals surface area contributed by atoms with Crippen LogP contribution in [0, 0.1) is 0 Å². The lowest BCUT2D eigenvalue weighted by atomic mass is 9.85. The number of aliphatic hydroxyl groups is 7. The Kier molecular flexibility index (Phi) is 27.3. The summed E-state index contributed by atoms with van der Waals surface area (Å²) in [7, 11) is -5.13. The molecule has 1 rings (SSSR count). The van der Waals surface area contributed by atoms with Crippen LogP contribution in [0.1, 0.15) is 149 Å². The number of hydrogen-bond acceptors (Lipinski definition) is 11. The van der Waals surface area contributed by atoms with Gasteiger partial charge in [-0.25, -0.2) is 4.57 Å². The average Bonchev–Trinajstić information content (AvgIpc) is 3.11. The molecule has 0 bridgehead atoms. The Morgan fingerprint density at radius 2 is 1.12 bits per heavy atom. The largest absolute Gasteiger partial charge is 0.472 e. The number of phosphoric acid groups is 1. The van der Waals surface area contributed by atoms with Crippen LogP contribution in [0.5, 0.6) is 0 Å². The third kappa shape index (κ3) is 21.6. The first-order valence-electron chi connectivity index (χ1n) is 19.9. The summed E-state index contributed by atoms with van der Waals surface area (Å²) in [4.78, 5) is 23.2. The predicted molar refractivity (Wildman–Crippen MR) is 201 cm³/mol. The standard InChI is InChI=1S/C38H72NO12P/c1-3-5-7-9-11-12-13-14-15-16-17-18-20-22-24-26-31(41)30(39-32(42)27-29(40)25-23-21-19-10-8-6-4-2)28-50-52(48,49)51-38-36(46)34(44)33(43)35(45)37(38)47/h21,23-24,26,29-31,33-38,40-41,43-47H,3-20,22,25,27-28H2,1-2H3,(H,39,42)(H,48,49)/b23-21-,26-24+. The Morgan fingerprint density at radius 3 is 1.63 bits per heavy atom. The molecule has 1 saturated carbocycles. The lowest BCUT2D eigenvalue weighted by Gasteiger charge is -2.41. The normalized spacial score (nSPS) is 25.3. The summed E-state index contributed by atoms with van der Waals surface area (Å²) >= 11 is 0. The Balaban J connectivity index is 2.66. The highest BCUT2D eigenvalue weighted by Crippen LogP contribution is 2.47. The molecule has 0 spiro atoms. The second kappa shape index (κ2) is 29.1. The van der Waals surface area contributed by atoms with Gasteiger partial charge in [0, 0.05) is 0 Å². The Labute approximate surface area is 312 Å². The van der Waals surface area contributed by atoms with Crippen molar-refractivity contribution in [3.8, 4) is 0 Å². The zero-order valence-electron chi connectivity index (χ0n) is 31.7. The topological polar surface area (TPSA) is 226 Å². The SMILES string of the molecule is CCCCCC/C=C\CC(O)CC(=O)NC(COP(=O)(O)OC1C(O)C(O)C(O)C(O)C1O)C(O)/C=C/CCCCCCCCCCCCCCC. The van der Waals surface area contributed by atoms with E-state index >= 15 is 0 Å². The van der Waals surface area contributed by atoms with E-state index in [1.807, 2.05) is 12.2 Å². The van der Waals surface area contributed by atoms with Gasteiger partial charge in [-0.3, -0.25) is 13.8 Å². The highest BCUT2D eigenvalue weighted by Gasteiger charge is 2.51. The first kappa shape index (κ1) is 48.8. The van der Waals surface area contributed by atoms with Crippen LogP contribution >= 0.6 is 7.82 Å². The smallest absolute Gasteiger partial charge is 0.392 e. The van der Waals surface area contributed by atoms with Crippen molar-refractivity contribution in [2.24, 2.45) is 0 Å². The van der Waals surface area contributed by atoms with E-state index in [9.17, 15) is 50.0 Å². The quantitative estimate of drug-likeness (QED) is 0.0262. The minimum atomic E-state index is -5.13. The fraction of sp³-hybridized carbons (Fsp3) is 0.868. The first-order valence-corrected chi connectivity index (χ1v) is 21.4. The van der Waals surface area contributed by atoms with Crippen molar-refractivity contribution in [3.63, 3.8) is 0 Å². The van der Waals surface area contributed by atoms with E-state index in [1.165, 1.54) is 76.7 Å². The third-order valence-corrected chi connectivity index (χ3v) is 10.5. The third-order valence-electron chi connectivity index (χ3n) is 9.53. The molecule has 1 aliphatic rings. The Hall–Kier alpha value is -1.22. The van der Waals surface area contributed by atoms with Gasteiger partial charge in [-0.1, -0.05) is 134 Å². The number of carbonyl (C=O) groups excluding carboxylic acids is 1. The maximum Gasteiger partial charge on any atom is 0.472 e. The molecular weight excluding hydrogens is 693 g/mol. The molecule has 8 unspecified atom stereocenters. The van der Waals surface area contributed by atoms with Crippen molar-refractivity contribution >= 4 is 13.7 Å². The molecule has 0 aliphatic heterocycles. The molecule has 52 heavy (non-hydrogen) atoms. The lowest BCUT2D eigenvalue weighted by molar-refractivity contribution is -0.220. The van der Waals surface area contributed by atoms with Crippen LogP contribution in [-0.2, 0) is 18.4 Å². The van der Waals surface area contributed by atoms with Crippen LogP contribution in [0.2, 0.25) is 0 Å². The van der Waals surface area contributed by atoms with E-state index in [0.29, 0.717) is 6.42 Å². The fourth-order valence-electron chi connectivity index (χ4n) is 6.18. The molecular formula is C38H72NO12P. The summed E-state index contributed by atoms with van der Waals surface area (Å²) in [6.45, 7) is 3.62. The molecule has 0 aromatic carbocycles. The van der Waals surface area contributed by atoms with Crippen molar-refractivity contribution in [2.45, 2.75) is 204 Å². The summed E-state index contributed by atoms with van der Waals surface area (Å²) < 4.78 is 22.7. The van der Waals surface area contributed by atoms with Gasteiger partial charge in [0.1, 0.15) is 36.6 Å². The summed E-state index contributed by atoms with van der Waals surface area (Å²) in [5.74, 6) is -0.631. The number of phosphoric ester groups is 1. The molecule has 1 amide bonds. The van der Waals surface area contributed by atoms with Crippen molar-refractivity contribution < 1.29 is 59.0 Å². The van der Waals surface area contributed by atoms with Gasteiger partial charge in [-0.2, -0.15) is 0 Å². The predicted octanol–water partition coefficient (Wildman–Crippen LogP) is 4.86. The van der Waals surface area contributed by atoms with Gasteiger partial charge in [0.05, 0.1) is 31.3 Å². The monoisotopic (exact) mass is 765 g/mol. The second-order valence-corrected chi connectivity index (χ2v) is 15.7. The molecule has 1 fully saturated rings. The van der Waals surface area contributed by atoms with E-state index in [4.69, 9.17) is 9.05 Å². The van der Waals surface area contributed by atoms with E-state index < -0.39 is 75.2 Å². The maximum atomic E-state index is 12.8. The Morgan fingerprint density at radius 1 is 0.673 bits per heavy atom. The summed E-state index contributed by atoms with van der Waals surface area (Å²) in [5.41, 5.74) is 0. The second-order valence-electron chi connectivity index (χ2n) is 14.3. The number of hydrogen-bond donors (Lipinski definition) is 9. The van der Waals surface area contributed by atoms with E-state index in [2.05, 4.69) is 19.2 Å². The minimum Gasteiger partial charge on any atom is -0.392 e. The molecule has 9 N–H and O–H groups in total. The number of unbranched alkanes of at least 4 members (excludes halogenated alkanes) is 17. The molecule has 14 heteroatoms. The number of rotatable bonds is 31. The number of amides is 1. The van der Waals surface area contributed by atoms with Gasteiger partial charge in [0.15, 0.2) is 0 Å². The van der Waals surface area contributed by atoms with Gasteiger partial charge in [-0.05, 0) is 32.1 Å². The number of allylic oxidation sites excluding steroid dienone is 2. The molecule has 0 aromatic heterocycles. The van der Waals surface area contributed by atoms with Crippen molar-refractivity contribution in [1.29, 1.82) is 0 Å². The first-order chi connectivity index (χ1) is 24.8. The van der Waals surface area contributed by atoms with Crippen molar-refractivity contribution in [3.05, 3.63) is 24.3 Å². The molecule has 13 nitrogen and oxygen atoms in total. The summed E-state index contributed by atoms with van der Waals surface area (Å²) in [5, 5.41) is 73.8. The van der Waals surface area contributed by atoms with Crippen LogP contribution in [0.3, 0.4) is 0 Å². The molecule has 0 radical (unpaired) electrons. The van der Waals surface area contributed by atoms with Gasteiger partial charge in [0.25, 0.3) is 0 Å². The van der Waals surface area contributed by atoms with E-state index in [1.54, 1.807) is 6.08 Å². The fourth-order valence-corrected chi connectivity index (χ4v) is 7.15. The van der Waals surface area contributed by atoms with Crippen LogP contribution in [-0.4, -0.2) is 108 Å². The number of nitrogens with one attached hydrogen (secondary N) is 1. The summed E-state index contributed by atoms with van der Waals surface area (Å²) in [6, 6.07) is -1.25. The molecule has 0 aromatic rings. The van der Waals surface area contributed by atoms with Gasteiger partial charge in [0.2, 0.25) is 5.91 Å². The minimum absolute atomic E-state index is 0.252. The number of aliphatic hydroxyl groups excluding tert-OH is 7. The average molecular weight is 766 g/mol. The summed E-state index contributed by atoms with van der Waals surface area (Å²) in [6.07, 6.45) is 14.7. The van der Waals surface area contributed by atoms with E-state index in [-0.39, 0.29) is 12.8 Å². The number of carbonyl (C=O) groups is 1. The maximum absolute atomic E-state index is 12.8. The van der Waals surface area contributed by atoms with Crippen LogP contribution in [0.25, 0.3) is 0 Å². The lowest BCUT2D eigenvalue weighted by Crippen LogP contribution is -2.64. The van der Waals surface area contributed by atoms with Crippen LogP contribution in [0.15, 0.2) is 24.3 Å². The van der Waals surface area contributed by atoms with E-state index in [0.717, 1.165) is 44.9 Å². The molecule has 0 saturated heterocycles. The molecule has 0 heterocycles. The Bertz CT molecular complexity index is 1000. The zero-order valence-corrected chi connectivity index (χ0v) is 32.6. The highest BCUT2D eigenvalue weighted by molar-refractivity contribution is 7.47. The zero-order chi connectivity index (χ0) is 38.8. The van der Waals surface area contributed by atoms with Gasteiger partial charge < -0.3 is 46.0 Å². The highest BCUT2D eigenvalue weighted by atomic mass is 31.2. The van der Waals surface area contributed by atoms with Gasteiger partial charge in [-0.15, -0.1) is 0 Å². The van der Waals surface area contributed by atoms with Crippen molar-refractivity contribution in [1.82, 2.24) is 5.32 Å².